The van der Waals surface area contributed by atoms with Gasteiger partial charge in [-0.1, -0.05) is 0 Å². The Labute approximate surface area is 91.2 Å². The van der Waals surface area contributed by atoms with Crippen LogP contribution < -0.4 is 17.0 Å². The van der Waals surface area contributed by atoms with Crippen LogP contribution in [0.2, 0.25) is 0 Å². The number of carbonyl (C=O) groups is 1. The van der Waals surface area contributed by atoms with Crippen LogP contribution in [0, 0.1) is 5.82 Å². The highest BCUT2D eigenvalue weighted by atomic mass is 32.2. The molecule has 0 aliphatic carbocycles. The summed E-state index contributed by atoms with van der Waals surface area (Å²) in [5, 5.41) is 0. The summed E-state index contributed by atoms with van der Waals surface area (Å²) in [7, 11) is 0. The van der Waals surface area contributed by atoms with Crippen molar-refractivity contribution in [3.63, 3.8) is 0 Å². The van der Waals surface area contributed by atoms with E-state index in [0.717, 1.165) is 4.90 Å². The smallest absolute Gasteiger partial charge is 0.234 e. The number of nitrogens with two attached hydrogens (primary N) is 2. The minimum Gasteiger partial charge on any atom is -0.398 e. The van der Waals surface area contributed by atoms with Crippen molar-refractivity contribution in [1.82, 2.24) is 5.43 Å². The van der Waals surface area contributed by atoms with Crippen LogP contribution in [-0.4, -0.2) is 11.7 Å². The van der Waals surface area contributed by atoms with Crippen molar-refractivity contribution in [2.24, 2.45) is 5.84 Å². The predicted octanol–water partition coefficient (Wildman–Crippen LogP) is 0.880. The highest BCUT2D eigenvalue weighted by molar-refractivity contribution is 7.99. The average molecular weight is 229 g/mol. The van der Waals surface area contributed by atoms with Crippen LogP contribution in [0.3, 0.4) is 0 Å². The highest BCUT2D eigenvalue weighted by Crippen LogP contribution is 2.25. The Kier molecular flexibility index (Phi) is 4.38. The van der Waals surface area contributed by atoms with Gasteiger partial charge >= 0.3 is 0 Å². The number of hydrazine groups is 1. The summed E-state index contributed by atoms with van der Waals surface area (Å²) >= 11 is 1.39. The molecule has 0 saturated heterocycles. The lowest BCUT2D eigenvalue weighted by molar-refractivity contribution is -0.120. The van der Waals surface area contributed by atoms with E-state index >= 15 is 0 Å². The Bertz CT molecular complexity index is 359. The minimum absolute atomic E-state index is 0.233. The number of carbonyl (C=O) groups excluding carboxylic acids is 1. The number of hydrogen-bond donors (Lipinski definition) is 3. The number of anilines is 1. The van der Waals surface area contributed by atoms with Crippen LogP contribution in [-0.2, 0) is 4.79 Å². The van der Waals surface area contributed by atoms with Gasteiger partial charge in [0.15, 0.2) is 0 Å². The molecule has 5 N–H and O–H groups in total. The number of nitrogens with one attached hydrogen (secondary N) is 1. The summed E-state index contributed by atoms with van der Waals surface area (Å²) in [5.74, 6) is 4.88. The van der Waals surface area contributed by atoms with Crippen molar-refractivity contribution in [2.45, 2.75) is 11.3 Å². The van der Waals surface area contributed by atoms with Gasteiger partial charge in [0, 0.05) is 22.8 Å². The summed E-state index contributed by atoms with van der Waals surface area (Å²) in [5.41, 5.74) is 8.00. The van der Waals surface area contributed by atoms with Crippen LogP contribution in [0.15, 0.2) is 23.1 Å². The predicted molar refractivity (Wildman–Crippen MR) is 58.5 cm³/mol. The first-order chi connectivity index (χ1) is 7.13. The molecule has 0 atom stereocenters. The largest absolute Gasteiger partial charge is 0.398 e. The first-order valence-corrected chi connectivity index (χ1v) is 5.29. The van der Waals surface area contributed by atoms with Crippen LogP contribution in [0.1, 0.15) is 6.42 Å². The molecule has 0 bridgehead atoms. The molecule has 1 amide bonds. The molecule has 82 valence electrons. The number of rotatable bonds is 4. The molecule has 1 aromatic carbocycles. The second-order valence-electron chi connectivity index (χ2n) is 2.85. The van der Waals surface area contributed by atoms with Crippen LogP contribution in [0.25, 0.3) is 0 Å². The van der Waals surface area contributed by atoms with Gasteiger partial charge in [0.05, 0.1) is 0 Å². The van der Waals surface area contributed by atoms with Gasteiger partial charge in [0.2, 0.25) is 5.91 Å². The lowest BCUT2D eigenvalue weighted by Crippen LogP contribution is -2.30. The maximum Gasteiger partial charge on any atom is 0.234 e. The zero-order valence-electron chi connectivity index (χ0n) is 8.00. The zero-order chi connectivity index (χ0) is 11.3. The molecule has 4 nitrogen and oxygen atoms in total. The van der Waals surface area contributed by atoms with E-state index in [2.05, 4.69) is 0 Å². The monoisotopic (exact) mass is 229 g/mol. The molecular weight excluding hydrogens is 217 g/mol. The van der Waals surface area contributed by atoms with E-state index in [1.165, 1.54) is 23.9 Å². The van der Waals surface area contributed by atoms with Crippen molar-refractivity contribution < 1.29 is 9.18 Å². The molecule has 0 fully saturated rings. The molecule has 15 heavy (non-hydrogen) atoms. The van der Waals surface area contributed by atoms with Gasteiger partial charge < -0.3 is 5.73 Å². The number of amides is 1. The fourth-order valence-corrected chi connectivity index (χ4v) is 1.87. The van der Waals surface area contributed by atoms with Crippen molar-refractivity contribution in [1.29, 1.82) is 0 Å². The van der Waals surface area contributed by atoms with Crippen molar-refractivity contribution in [2.75, 3.05) is 11.5 Å². The van der Waals surface area contributed by atoms with Gasteiger partial charge in [-0.2, -0.15) is 0 Å². The molecule has 0 saturated carbocycles. The lowest BCUT2D eigenvalue weighted by Gasteiger charge is -2.04. The SMILES string of the molecule is NNC(=O)CCSc1ccc(F)cc1N. The van der Waals surface area contributed by atoms with Gasteiger partial charge in [0.25, 0.3) is 0 Å². The average Bonchev–Trinajstić information content (AvgIpc) is 2.21. The van der Waals surface area contributed by atoms with Gasteiger partial charge in [-0.3, -0.25) is 10.2 Å². The second kappa shape index (κ2) is 5.57. The Morgan fingerprint density at radius 2 is 2.27 bits per heavy atom. The maximum atomic E-state index is 12.7. The molecule has 0 unspecified atom stereocenters. The number of nitrogen functional groups attached to an aromatic ring is 1. The molecule has 1 aromatic rings. The van der Waals surface area contributed by atoms with Crippen molar-refractivity contribution in [3.8, 4) is 0 Å². The van der Waals surface area contributed by atoms with E-state index in [9.17, 15) is 9.18 Å². The van der Waals surface area contributed by atoms with E-state index in [0.29, 0.717) is 17.9 Å². The molecule has 0 aromatic heterocycles. The third-order valence-corrected chi connectivity index (χ3v) is 2.81. The van der Waals surface area contributed by atoms with Crippen LogP contribution in [0.4, 0.5) is 10.1 Å². The topological polar surface area (TPSA) is 81.1 Å². The fourth-order valence-electron chi connectivity index (χ4n) is 0.977. The summed E-state index contributed by atoms with van der Waals surface area (Å²) in [6.45, 7) is 0. The van der Waals surface area contributed by atoms with Crippen LogP contribution >= 0.6 is 11.8 Å². The molecule has 1 rings (SSSR count). The summed E-state index contributed by atoms with van der Waals surface area (Å²) in [4.78, 5) is 11.6. The molecule has 0 aliphatic rings. The third-order valence-electron chi connectivity index (χ3n) is 1.72. The van der Waals surface area contributed by atoms with Crippen molar-refractivity contribution >= 4 is 23.4 Å². The minimum atomic E-state index is -0.364. The number of halogens is 1. The maximum absolute atomic E-state index is 12.7. The van der Waals surface area contributed by atoms with E-state index in [1.807, 2.05) is 5.43 Å². The van der Waals surface area contributed by atoms with Gasteiger partial charge in [-0.15, -0.1) is 11.8 Å². The van der Waals surface area contributed by atoms with E-state index in [1.54, 1.807) is 6.07 Å². The summed E-state index contributed by atoms with van der Waals surface area (Å²) in [6.07, 6.45) is 0.304. The van der Waals surface area contributed by atoms with Gasteiger partial charge in [-0.25, -0.2) is 10.2 Å². The van der Waals surface area contributed by atoms with Crippen molar-refractivity contribution in [3.05, 3.63) is 24.0 Å². The highest BCUT2D eigenvalue weighted by Gasteiger charge is 2.03. The van der Waals surface area contributed by atoms with Crippen LogP contribution in [0.5, 0.6) is 0 Å². The Balaban J connectivity index is 2.47. The number of thioether (sulfide) groups is 1. The molecule has 6 heteroatoms. The molecule has 0 spiro atoms. The first-order valence-electron chi connectivity index (χ1n) is 4.30. The molecule has 0 heterocycles. The Morgan fingerprint density at radius 1 is 1.53 bits per heavy atom. The quantitative estimate of drug-likeness (QED) is 0.235. The molecule has 0 radical (unpaired) electrons. The Morgan fingerprint density at radius 3 is 2.87 bits per heavy atom. The van der Waals surface area contributed by atoms with Gasteiger partial charge in [0.1, 0.15) is 5.82 Å². The molecular formula is C9H12FN3OS. The molecule has 0 aliphatic heterocycles. The lowest BCUT2D eigenvalue weighted by atomic mass is 10.3. The zero-order valence-corrected chi connectivity index (χ0v) is 8.81. The Hall–Kier alpha value is -1.27. The second-order valence-corrected chi connectivity index (χ2v) is 3.98. The number of hydrogen-bond acceptors (Lipinski definition) is 4. The number of benzene rings is 1. The standard InChI is InChI=1S/C9H12FN3OS/c10-6-1-2-8(7(11)5-6)15-4-3-9(14)13-12/h1-2,5H,3-4,11-12H2,(H,13,14). The van der Waals surface area contributed by atoms with E-state index < -0.39 is 0 Å². The van der Waals surface area contributed by atoms with Gasteiger partial charge in [-0.05, 0) is 18.2 Å². The normalized spacial score (nSPS) is 10.0. The first kappa shape index (κ1) is 11.8. The van der Waals surface area contributed by atoms with E-state index in [4.69, 9.17) is 11.6 Å². The summed E-state index contributed by atoms with van der Waals surface area (Å²) < 4.78 is 12.7. The van der Waals surface area contributed by atoms with E-state index in [-0.39, 0.29) is 11.7 Å². The summed E-state index contributed by atoms with van der Waals surface area (Å²) in [6, 6.07) is 4.18. The third kappa shape index (κ3) is 3.77. The fraction of sp³-hybridized carbons (Fsp3) is 0.222.